The molecule has 8 heteroatoms. The molecule has 0 aliphatic carbocycles. The van der Waals surface area contributed by atoms with E-state index in [9.17, 15) is 4.21 Å². The molecule has 7 nitrogen and oxygen atoms in total. The molecule has 0 N–H and O–H groups in total. The monoisotopic (exact) mass is 399 g/mol. The normalized spacial score (nSPS) is 17.9. The van der Waals surface area contributed by atoms with Crippen molar-refractivity contribution in [1.29, 1.82) is 0 Å². The van der Waals surface area contributed by atoms with Gasteiger partial charge in [-0.1, -0.05) is 12.1 Å². The molecule has 0 saturated carbocycles. The third-order valence-electron chi connectivity index (χ3n) is 4.75. The molecule has 4 rings (SSSR count). The summed E-state index contributed by atoms with van der Waals surface area (Å²) in [6, 6.07) is 12.2. The number of pyridine rings is 1. The molecule has 2 aromatic heterocycles. The molecular weight excluding hydrogens is 374 g/mol. The fourth-order valence-electron chi connectivity index (χ4n) is 3.59. The molecule has 3 aromatic rings. The van der Waals surface area contributed by atoms with E-state index in [1.165, 1.54) is 0 Å². The number of para-hydroxylation sites is 2. The van der Waals surface area contributed by atoms with Crippen LogP contribution in [0.15, 0.2) is 40.8 Å². The van der Waals surface area contributed by atoms with Gasteiger partial charge >= 0.3 is 0 Å². The largest absolute Gasteiger partial charge is 0.377 e. The van der Waals surface area contributed by atoms with Crippen molar-refractivity contribution < 1.29 is 8.95 Å². The number of aromatic nitrogens is 3. The van der Waals surface area contributed by atoms with Gasteiger partial charge in [0.15, 0.2) is 5.82 Å². The summed E-state index contributed by atoms with van der Waals surface area (Å²) >= 11 is 0. The second-order valence-corrected chi connectivity index (χ2v) is 9.96. The molecule has 148 valence electrons. The fraction of sp³-hybridized carbons (Fsp3) is 0.400. The number of hydrogen-bond donors (Lipinski definition) is 0. The number of benzene rings is 1. The first-order chi connectivity index (χ1) is 13.3. The van der Waals surface area contributed by atoms with E-state index in [1.807, 2.05) is 41.8 Å². The molecule has 1 aromatic carbocycles. The average molecular weight is 400 g/mol. The zero-order valence-electron chi connectivity index (χ0n) is 16.6. The highest BCUT2D eigenvalue weighted by Crippen LogP contribution is 2.29. The van der Waals surface area contributed by atoms with Crippen LogP contribution in [0.4, 0.5) is 11.5 Å². The highest BCUT2D eigenvalue weighted by Gasteiger charge is 2.21. The Kier molecular flexibility index (Phi) is 4.84. The number of rotatable bonds is 3. The van der Waals surface area contributed by atoms with Gasteiger partial charge in [0.2, 0.25) is 0 Å². The minimum atomic E-state index is -2.33. The number of aryl methyl sites for hydroxylation is 1. The van der Waals surface area contributed by atoms with Gasteiger partial charge in [0.05, 0.1) is 24.2 Å². The van der Waals surface area contributed by atoms with Crippen molar-refractivity contribution in [2.75, 3.05) is 37.2 Å². The minimum Gasteiger partial charge on any atom is -0.377 e. The van der Waals surface area contributed by atoms with Crippen LogP contribution in [-0.4, -0.2) is 57.1 Å². The SMILES string of the molecule is Cc1nc2ccccc2n1-c1cc(N2CCOC[C@H]2C)cc(N=S(C)(C)=O)n1. The Labute approximate surface area is 165 Å². The van der Waals surface area contributed by atoms with Gasteiger partial charge in [-0.25, -0.2) is 14.2 Å². The van der Waals surface area contributed by atoms with Crippen LogP contribution in [0.5, 0.6) is 0 Å². The van der Waals surface area contributed by atoms with Crippen LogP contribution < -0.4 is 4.90 Å². The maximum absolute atomic E-state index is 12.3. The number of morpholine rings is 1. The van der Waals surface area contributed by atoms with E-state index >= 15 is 0 Å². The lowest BCUT2D eigenvalue weighted by molar-refractivity contribution is 0.0989. The van der Waals surface area contributed by atoms with Crippen LogP contribution in [0.1, 0.15) is 12.7 Å². The van der Waals surface area contributed by atoms with Crippen molar-refractivity contribution in [2.45, 2.75) is 19.9 Å². The first-order valence-corrected chi connectivity index (χ1v) is 11.6. The van der Waals surface area contributed by atoms with Gasteiger partial charge in [-0.2, -0.15) is 4.36 Å². The summed E-state index contributed by atoms with van der Waals surface area (Å²) in [5, 5.41) is 0. The lowest BCUT2D eigenvalue weighted by Gasteiger charge is -2.35. The van der Waals surface area contributed by atoms with E-state index in [2.05, 4.69) is 27.2 Å². The van der Waals surface area contributed by atoms with Crippen molar-refractivity contribution in [3.63, 3.8) is 0 Å². The van der Waals surface area contributed by atoms with Crippen molar-refractivity contribution >= 4 is 32.3 Å². The smallest absolute Gasteiger partial charge is 0.165 e. The van der Waals surface area contributed by atoms with E-state index in [4.69, 9.17) is 9.72 Å². The van der Waals surface area contributed by atoms with Crippen LogP contribution in [0.2, 0.25) is 0 Å². The summed E-state index contributed by atoms with van der Waals surface area (Å²) in [5.41, 5.74) is 2.90. The fourth-order valence-corrected chi connectivity index (χ4v) is 4.13. The van der Waals surface area contributed by atoms with Gasteiger partial charge < -0.3 is 9.64 Å². The molecule has 0 bridgehead atoms. The lowest BCUT2D eigenvalue weighted by Crippen LogP contribution is -2.43. The molecule has 0 unspecified atom stereocenters. The number of imidazole rings is 1. The summed E-state index contributed by atoms with van der Waals surface area (Å²) in [6.45, 7) is 6.25. The molecule has 1 saturated heterocycles. The first kappa shape index (κ1) is 18.9. The molecule has 1 atom stereocenters. The van der Waals surface area contributed by atoms with E-state index in [1.54, 1.807) is 12.5 Å². The average Bonchev–Trinajstić information content (AvgIpc) is 2.96. The zero-order chi connectivity index (χ0) is 19.9. The molecular formula is C20H25N5O2S. The highest BCUT2D eigenvalue weighted by molar-refractivity contribution is 7.92. The molecule has 1 aliphatic heterocycles. The number of nitrogens with zero attached hydrogens (tertiary/aromatic N) is 5. The van der Waals surface area contributed by atoms with Crippen molar-refractivity contribution in [2.24, 2.45) is 4.36 Å². The Morgan fingerprint density at radius 3 is 2.75 bits per heavy atom. The van der Waals surface area contributed by atoms with E-state index < -0.39 is 9.73 Å². The van der Waals surface area contributed by atoms with Crippen LogP contribution in [0.3, 0.4) is 0 Å². The number of anilines is 1. The summed E-state index contributed by atoms with van der Waals surface area (Å²) < 4.78 is 24.3. The van der Waals surface area contributed by atoms with E-state index in [0.29, 0.717) is 19.0 Å². The summed E-state index contributed by atoms with van der Waals surface area (Å²) in [7, 11) is -2.33. The highest BCUT2D eigenvalue weighted by atomic mass is 32.2. The number of hydrogen-bond acceptors (Lipinski definition) is 6. The van der Waals surface area contributed by atoms with E-state index in [0.717, 1.165) is 34.9 Å². The summed E-state index contributed by atoms with van der Waals surface area (Å²) in [6.07, 6.45) is 3.24. The Bertz CT molecular complexity index is 1140. The molecule has 0 radical (unpaired) electrons. The zero-order valence-corrected chi connectivity index (χ0v) is 17.4. The Morgan fingerprint density at radius 2 is 2.00 bits per heavy atom. The van der Waals surface area contributed by atoms with Crippen LogP contribution in [-0.2, 0) is 14.5 Å². The molecule has 3 heterocycles. The Hall–Kier alpha value is -2.45. The van der Waals surface area contributed by atoms with Gasteiger partial charge in [0, 0.05) is 52.6 Å². The van der Waals surface area contributed by atoms with Gasteiger partial charge in [0.1, 0.15) is 11.6 Å². The van der Waals surface area contributed by atoms with Gasteiger partial charge in [-0.15, -0.1) is 0 Å². The predicted molar refractivity (Wildman–Crippen MR) is 113 cm³/mol. The summed E-state index contributed by atoms with van der Waals surface area (Å²) in [4.78, 5) is 11.7. The quantitative estimate of drug-likeness (QED) is 0.676. The third kappa shape index (κ3) is 3.74. The Balaban J connectivity index is 1.93. The second kappa shape index (κ2) is 7.18. The topological polar surface area (TPSA) is 72.6 Å². The molecule has 1 fully saturated rings. The van der Waals surface area contributed by atoms with Crippen molar-refractivity contribution in [3.05, 3.63) is 42.2 Å². The molecule has 0 spiro atoms. The second-order valence-electron chi connectivity index (χ2n) is 7.41. The Morgan fingerprint density at radius 1 is 1.21 bits per heavy atom. The lowest BCUT2D eigenvalue weighted by atomic mass is 10.2. The maximum atomic E-state index is 12.3. The van der Waals surface area contributed by atoms with Gasteiger partial charge in [0.25, 0.3) is 0 Å². The summed E-state index contributed by atoms with van der Waals surface area (Å²) in [5.74, 6) is 2.05. The van der Waals surface area contributed by atoms with Gasteiger partial charge in [-0.3, -0.25) is 4.57 Å². The molecule has 0 amide bonds. The van der Waals surface area contributed by atoms with E-state index in [-0.39, 0.29) is 6.04 Å². The maximum Gasteiger partial charge on any atom is 0.165 e. The van der Waals surface area contributed by atoms with Gasteiger partial charge in [-0.05, 0) is 26.0 Å². The third-order valence-corrected chi connectivity index (χ3v) is 5.38. The molecule has 1 aliphatic rings. The number of fused-ring (bicyclic) bond motifs is 1. The first-order valence-electron chi connectivity index (χ1n) is 9.30. The number of ether oxygens (including phenoxy) is 1. The minimum absolute atomic E-state index is 0.241. The molecule has 28 heavy (non-hydrogen) atoms. The van der Waals surface area contributed by atoms with Crippen LogP contribution >= 0.6 is 0 Å². The van der Waals surface area contributed by atoms with Crippen molar-refractivity contribution in [3.8, 4) is 5.82 Å². The van der Waals surface area contributed by atoms with Crippen molar-refractivity contribution in [1.82, 2.24) is 14.5 Å². The standard InChI is InChI=1S/C20H25N5O2S/c1-14-13-27-10-9-24(14)16-11-19(23-28(3,4)26)22-20(12-16)25-15(2)21-17-7-5-6-8-18(17)25/h5-8,11-12,14H,9-10,13H2,1-4H3/t14-/m1/s1. The van der Waals surface area contributed by atoms with Crippen LogP contribution in [0.25, 0.3) is 16.9 Å². The predicted octanol–water partition coefficient (Wildman–Crippen LogP) is 3.31. The van der Waals surface area contributed by atoms with Crippen LogP contribution in [0, 0.1) is 6.92 Å².